The van der Waals surface area contributed by atoms with Gasteiger partial charge >= 0.3 is 6.18 Å². The summed E-state index contributed by atoms with van der Waals surface area (Å²) in [6.45, 7) is 0.196. The number of nitrogens with two attached hydrogens (primary N) is 1. The lowest BCUT2D eigenvalue weighted by Gasteiger charge is -2.39. The van der Waals surface area contributed by atoms with E-state index in [2.05, 4.69) is 5.32 Å². The van der Waals surface area contributed by atoms with E-state index in [1.165, 1.54) is 17.0 Å². The quantitative estimate of drug-likeness (QED) is 0.743. The number of nitrogens with zero attached hydrogens (tertiary/aromatic N) is 1. The van der Waals surface area contributed by atoms with Crippen LogP contribution >= 0.6 is 0 Å². The highest BCUT2D eigenvalue weighted by Crippen LogP contribution is 2.31. The van der Waals surface area contributed by atoms with E-state index < -0.39 is 29.7 Å². The average Bonchev–Trinajstić information content (AvgIpc) is 2.68. The van der Waals surface area contributed by atoms with Gasteiger partial charge in [0, 0.05) is 5.69 Å². The minimum Gasteiger partial charge on any atom is -0.341 e. The summed E-state index contributed by atoms with van der Waals surface area (Å²) in [5.41, 5.74) is 6.54. The molecule has 0 unspecified atom stereocenters. The van der Waals surface area contributed by atoms with Crippen LogP contribution in [0.15, 0.2) is 54.6 Å². The summed E-state index contributed by atoms with van der Waals surface area (Å²) >= 11 is 0. The maximum absolute atomic E-state index is 12.6. The van der Waals surface area contributed by atoms with Gasteiger partial charge in [0.05, 0.1) is 18.2 Å². The van der Waals surface area contributed by atoms with Gasteiger partial charge in [0.2, 0.25) is 5.91 Å². The number of amides is 2. The van der Waals surface area contributed by atoms with Crippen LogP contribution in [0.5, 0.6) is 0 Å². The second-order valence-corrected chi connectivity index (χ2v) is 6.69. The third-order valence-corrected chi connectivity index (χ3v) is 4.68. The molecule has 8 heteroatoms. The monoisotopic (exact) mass is 391 g/mol. The lowest BCUT2D eigenvalue weighted by Crippen LogP contribution is -2.65. The van der Waals surface area contributed by atoms with Crippen LogP contribution in [0.2, 0.25) is 0 Å². The van der Waals surface area contributed by atoms with Gasteiger partial charge in [-0.15, -0.1) is 0 Å². The number of anilines is 1. The molecule has 0 bridgehead atoms. The first-order valence-corrected chi connectivity index (χ1v) is 8.84. The molecule has 1 saturated heterocycles. The predicted octanol–water partition coefficient (Wildman–Crippen LogP) is 2.50. The molecule has 0 spiro atoms. The van der Waals surface area contributed by atoms with Crippen molar-refractivity contribution in [3.8, 4) is 0 Å². The summed E-state index contributed by atoms with van der Waals surface area (Å²) in [4.78, 5) is 25.7. The van der Waals surface area contributed by atoms with E-state index in [0.717, 1.165) is 17.7 Å². The van der Waals surface area contributed by atoms with Crippen LogP contribution in [0.1, 0.15) is 17.5 Å². The molecule has 3 N–H and O–H groups in total. The molecule has 5 nitrogen and oxygen atoms in total. The SMILES string of the molecule is N[C@@H](CCc1ccccc1)C(=O)N[C@@H]1CN(c2ccc(C(F)(F)F)cc2)C1=O. The Morgan fingerprint density at radius 1 is 1.14 bits per heavy atom. The topological polar surface area (TPSA) is 75.4 Å². The third-order valence-electron chi connectivity index (χ3n) is 4.68. The van der Waals surface area contributed by atoms with Crippen LogP contribution in [-0.4, -0.2) is 30.4 Å². The molecule has 0 aliphatic carbocycles. The molecule has 3 rings (SSSR count). The van der Waals surface area contributed by atoms with Gasteiger partial charge in [-0.1, -0.05) is 30.3 Å². The van der Waals surface area contributed by atoms with Gasteiger partial charge in [0.1, 0.15) is 6.04 Å². The van der Waals surface area contributed by atoms with E-state index in [9.17, 15) is 22.8 Å². The second-order valence-electron chi connectivity index (χ2n) is 6.69. The molecule has 1 fully saturated rings. The maximum Gasteiger partial charge on any atom is 0.416 e. The molecule has 148 valence electrons. The number of β-lactam (4-membered cyclic amide) rings is 1. The maximum atomic E-state index is 12.6. The highest BCUT2D eigenvalue weighted by Gasteiger charge is 2.39. The molecule has 1 heterocycles. The third kappa shape index (κ3) is 4.51. The molecule has 1 aliphatic rings. The summed E-state index contributed by atoms with van der Waals surface area (Å²) in [7, 11) is 0. The Morgan fingerprint density at radius 3 is 2.36 bits per heavy atom. The first-order valence-electron chi connectivity index (χ1n) is 8.84. The first-order chi connectivity index (χ1) is 13.3. The summed E-state index contributed by atoms with van der Waals surface area (Å²) < 4.78 is 37.8. The summed E-state index contributed by atoms with van der Waals surface area (Å²) in [6, 6.07) is 12.5. The number of hydrogen-bond acceptors (Lipinski definition) is 3. The minimum atomic E-state index is -4.43. The molecular weight excluding hydrogens is 371 g/mol. The van der Waals surface area contributed by atoms with Crippen molar-refractivity contribution in [2.24, 2.45) is 5.73 Å². The lowest BCUT2D eigenvalue weighted by atomic mass is 10.0. The van der Waals surface area contributed by atoms with E-state index in [-0.39, 0.29) is 12.5 Å². The van der Waals surface area contributed by atoms with Gasteiger partial charge in [-0.05, 0) is 42.7 Å². The van der Waals surface area contributed by atoms with Crippen LogP contribution in [0.4, 0.5) is 18.9 Å². The second kappa shape index (κ2) is 8.02. The normalized spacial score (nSPS) is 17.8. The fourth-order valence-electron chi connectivity index (χ4n) is 2.97. The minimum absolute atomic E-state index is 0.196. The molecule has 1 aliphatic heterocycles. The van der Waals surface area contributed by atoms with E-state index in [1.807, 2.05) is 30.3 Å². The number of halogens is 3. The predicted molar refractivity (Wildman–Crippen MR) is 98.5 cm³/mol. The molecule has 0 radical (unpaired) electrons. The molecule has 0 saturated carbocycles. The fourth-order valence-corrected chi connectivity index (χ4v) is 2.97. The van der Waals surface area contributed by atoms with E-state index in [4.69, 9.17) is 5.73 Å². The van der Waals surface area contributed by atoms with Crippen LogP contribution < -0.4 is 16.0 Å². The van der Waals surface area contributed by atoms with Crippen molar-refractivity contribution < 1.29 is 22.8 Å². The van der Waals surface area contributed by atoms with Crippen LogP contribution in [0.25, 0.3) is 0 Å². The molecule has 2 atom stereocenters. The van der Waals surface area contributed by atoms with Gasteiger partial charge < -0.3 is 16.0 Å². The van der Waals surface area contributed by atoms with E-state index >= 15 is 0 Å². The van der Waals surface area contributed by atoms with Gasteiger partial charge in [-0.3, -0.25) is 9.59 Å². The average molecular weight is 391 g/mol. The lowest BCUT2D eigenvalue weighted by molar-refractivity contribution is -0.137. The molecule has 2 aromatic carbocycles. The van der Waals surface area contributed by atoms with Crippen molar-refractivity contribution in [3.63, 3.8) is 0 Å². The Morgan fingerprint density at radius 2 is 1.79 bits per heavy atom. The Kier molecular flexibility index (Phi) is 5.69. The van der Waals surface area contributed by atoms with Crippen molar-refractivity contribution >= 4 is 17.5 Å². The van der Waals surface area contributed by atoms with Crippen molar-refractivity contribution in [2.45, 2.75) is 31.1 Å². The number of carbonyl (C=O) groups excluding carboxylic acids is 2. The van der Waals surface area contributed by atoms with Gasteiger partial charge in [0.25, 0.3) is 5.91 Å². The zero-order valence-corrected chi connectivity index (χ0v) is 14.9. The fraction of sp³-hybridized carbons (Fsp3) is 0.300. The van der Waals surface area contributed by atoms with E-state index in [1.54, 1.807) is 0 Å². The highest BCUT2D eigenvalue weighted by atomic mass is 19.4. The number of aryl methyl sites for hydroxylation is 1. The molecule has 28 heavy (non-hydrogen) atoms. The van der Waals surface area contributed by atoms with Gasteiger partial charge in [-0.2, -0.15) is 13.2 Å². The Balaban J connectivity index is 1.49. The highest BCUT2D eigenvalue weighted by molar-refractivity contribution is 6.06. The Hall–Kier alpha value is -2.87. The summed E-state index contributed by atoms with van der Waals surface area (Å²) in [5, 5.41) is 2.60. The summed E-state index contributed by atoms with van der Waals surface area (Å²) in [5.74, 6) is -0.787. The van der Waals surface area contributed by atoms with Crippen LogP contribution in [-0.2, 0) is 22.2 Å². The van der Waals surface area contributed by atoms with Crippen molar-refractivity contribution in [3.05, 3.63) is 65.7 Å². The standard InChI is InChI=1S/C20H20F3N3O2/c21-20(22,23)14-7-9-15(10-8-14)26-12-17(19(26)28)25-18(27)16(24)11-6-13-4-2-1-3-5-13/h1-5,7-10,16-17H,6,11-12,24H2,(H,25,27)/t16-,17+/m0/s1. The summed E-state index contributed by atoms with van der Waals surface area (Å²) in [6.07, 6.45) is -3.34. The van der Waals surface area contributed by atoms with Crippen LogP contribution in [0.3, 0.4) is 0 Å². The van der Waals surface area contributed by atoms with E-state index in [0.29, 0.717) is 18.5 Å². The first kappa shape index (κ1) is 19.9. The van der Waals surface area contributed by atoms with Crippen molar-refractivity contribution in [2.75, 3.05) is 11.4 Å². The molecule has 2 aromatic rings. The largest absolute Gasteiger partial charge is 0.416 e. The molecule has 2 amide bonds. The number of rotatable bonds is 6. The number of hydrogen-bond donors (Lipinski definition) is 2. The Bertz CT molecular complexity index is 838. The zero-order valence-electron chi connectivity index (χ0n) is 14.9. The smallest absolute Gasteiger partial charge is 0.341 e. The number of carbonyl (C=O) groups is 2. The number of nitrogens with one attached hydrogen (secondary N) is 1. The van der Waals surface area contributed by atoms with Gasteiger partial charge in [0.15, 0.2) is 0 Å². The van der Waals surface area contributed by atoms with Gasteiger partial charge in [-0.25, -0.2) is 0 Å². The Labute approximate surface area is 160 Å². The van der Waals surface area contributed by atoms with Crippen molar-refractivity contribution in [1.82, 2.24) is 5.32 Å². The molecule has 0 aromatic heterocycles. The number of alkyl halides is 3. The van der Waals surface area contributed by atoms with Crippen LogP contribution in [0, 0.1) is 0 Å². The number of benzene rings is 2. The molecular formula is C20H20F3N3O2. The van der Waals surface area contributed by atoms with Crippen molar-refractivity contribution in [1.29, 1.82) is 0 Å². The zero-order chi connectivity index (χ0) is 20.3.